The molecule has 0 radical (unpaired) electrons. The van der Waals surface area contributed by atoms with Crippen LogP contribution in [0, 0.1) is 13.8 Å². The van der Waals surface area contributed by atoms with Crippen LogP contribution in [0.15, 0.2) is 42.7 Å². The molecule has 1 spiro atoms. The predicted octanol–water partition coefficient (Wildman–Crippen LogP) is 1.89. The molecule has 0 amide bonds. The summed E-state index contributed by atoms with van der Waals surface area (Å²) in [6.45, 7) is 22.2. The summed E-state index contributed by atoms with van der Waals surface area (Å²) in [6, 6.07) is 0. The normalized spacial score (nSPS) is 27.8. The summed E-state index contributed by atoms with van der Waals surface area (Å²) in [5.74, 6) is 0. The van der Waals surface area contributed by atoms with Crippen LogP contribution in [0.5, 0.6) is 0 Å². The van der Waals surface area contributed by atoms with Crippen LogP contribution in [0.1, 0.15) is 78.0 Å². The van der Waals surface area contributed by atoms with Crippen molar-refractivity contribution in [2.75, 3.05) is 13.2 Å². The summed E-state index contributed by atoms with van der Waals surface area (Å²) >= 11 is 0. The number of nitrogens with two attached hydrogens (primary N) is 1. The van der Waals surface area contributed by atoms with Gasteiger partial charge in [0.1, 0.15) is 24.5 Å². The Morgan fingerprint density at radius 2 is 1.40 bits per heavy atom. The van der Waals surface area contributed by atoms with E-state index in [1.807, 2.05) is 47.0 Å². The van der Waals surface area contributed by atoms with Crippen molar-refractivity contribution in [1.82, 2.24) is 18.3 Å². The lowest BCUT2D eigenvalue weighted by atomic mass is 9.89. The summed E-state index contributed by atoms with van der Waals surface area (Å²) < 4.78 is 62.5. The van der Waals surface area contributed by atoms with E-state index in [0.717, 1.165) is 14.5 Å². The first kappa shape index (κ1) is 46.1. The van der Waals surface area contributed by atoms with E-state index >= 15 is 0 Å². The molecule has 2 fully saturated rings. The summed E-state index contributed by atoms with van der Waals surface area (Å²) in [7, 11) is -9.65. The first-order valence-corrected chi connectivity index (χ1v) is 26.8. The number of hydrogen-bond acceptors (Lipinski definition) is 14. The molecule has 3 unspecified atom stereocenters. The van der Waals surface area contributed by atoms with Crippen LogP contribution in [-0.2, 0) is 45.7 Å². The maximum atomic E-state index is 14.5. The Labute approximate surface area is 340 Å². The van der Waals surface area contributed by atoms with E-state index < -0.39 is 103 Å². The molecule has 4 N–H and O–H groups in total. The molecular weight excluding hydrogens is 811 g/mol. The molecule has 18 nitrogen and oxygen atoms in total. The number of rotatable bonds is 12. The number of hydrogen-bond donors (Lipinski definition) is 3. The minimum Gasteiger partial charge on any atom is -0.414 e. The van der Waals surface area contributed by atoms with Crippen molar-refractivity contribution in [3.8, 4) is 0 Å². The molecule has 58 heavy (non-hydrogen) atoms. The van der Waals surface area contributed by atoms with Crippen LogP contribution in [0.3, 0.4) is 0 Å². The predicted molar refractivity (Wildman–Crippen MR) is 220 cm³/mol. The largest absolute Gasteiger partial charge is 0.414 e. The second-order valence-corrected chi connectivity index (χ2v) is 29.7. The van der Waals surface area contributed by atoms with Gasteiger partial charge in [0.25, 0.3) is 21.2 Å². The zero-order valence-corrected chi connectivity index (χ0v) is 38.4. The standard InChI is InChI=1S/C37H61N5O13SSi2/c1-22-17-41(28-16-24(44)25(19-43)52-28)33(47)39(30(22)45)14-13-15-40-31(46)23(2)18-42(34(40)48)32-29(54-58(11,12)36(6,7)8)37(26(38)21-56(49,50)55-37)27(53-32)20-51-57(9,10)35(3,4)5/h17-18,21,24-25,27-29,32,43-44H,13-16,19-20,38H2,1-12H3/t24-,25+,27+,28?,29-,32?,37?/m0/s1. The van der Waals surface area contributed by atoms with Crippen molar-refractivity contribution in [1.29, 1.82) is 0 Å². The lowest BCUT2D eigenvalue weighted by Gasteiger charge is -2.43. The van der Waals surface area contributed by atoms with Crippen molar-refractivity contribution in [2.24, 2.45) is 5.73 Å². The smallest absolute Gasteiger partial charge is 0.333 e. The van der Waals surface area contributed by atoms with Gasteiger partial charge in [-0.2, -0.15) is 8.42 Å². The minimum absolute atomic E-state index is 0.00993. The lowest BCUT2D eigenvalue weighted by Crippen LogP contribution is -2.59. The van der Waals surface area contributed by atoms with Gasteiger partial charge in [-0.1, -0.05) is 41.5 Å². The highest BCUT2D eigenvalue weighted by Gasteiger charge is 2.67. The Bertz CT molecular complexity index is 2290. The molecule has 5 heterocycles. The number of aromatic nitrogens is 4. The van der Waals surface area contributed by atoms with E-state index in [1.54, 1.807) is 0 Å². The van der Waals surface area contributed by atoms with Crippen LogP contribution in [-0.4, -0.2) is 96.8 Å². The van der Waals surface area contributed by atoms with Gasteiger partial charge in [0.05, 0.1) is 30.4 Å². The highest BCUT2D eigenvalue weighted by atomic mass is 32.2. The van der Waals surface area contributed by atoms with Gasteiger partial charge in [-0.3, -0.25) is 27.9 Å². The highest BCUT2D eigenvalue weighted by Crippen LogP contribution is 2.52. The third-order valence-corrected chi connectivity index (χ3v) is 22.5. The van der Waals surface area contributed by atoms with Crippen LogP contribution in [0.25, 0.3) is 0 Å². The Hall–Kier alpha value is -3.00. The fourth-order valence-electron chi connectivity index (χ4n) is 6.95. The van der Waals surface area contributed by atoms with Gasteiger partial charge >= 0.3 is 11.4 Å². The third-order valence-electron chi connectivity index (χ3n) is 12.5. The first-order valence-electron chi connectivity index (χ1n) is 19.5. The second-order valence-electron chi connectivity index (χ2n) is 18.7. The molecule has 21 heteroatoms. The summed E-state index contributed by atoms with van der Waals surface area (Å²) in [5.41, 5.74) is 2.15. The average molecular weight is 872 g/mol. The van der Waals surface area contributed by atoms with Crippen molar-refractivity contribution < 1.29 is 41.1 Å². The van der Waals surface area contributed by atoms with Crippen LogP contribution < -0.4 is 28.2 Å². The fraction of sp³-hybridized carbons (Fsp3) is 0.730. The summed E-state index contributed by atoms with van der Waals surface area (Å²) in [6.07, 6.45) is -3.97. The SMILES string of the molecule is Cc1cn(C2C[C@H](O)[C@@H](CO)O2)c(=O)n(CCCn2c(=O)c(C)cn(C3O[C@H](CO[Si](C)(C)C(C)(C)C)C4(OS(=O)(=O)C=C4N)[C@H]3O[Si](C)(C)C(C)(C)C)c2=O)c1=O. The van der Waals surface area contributed by atoms with E-state index in [4.69, 9.17) is 28.2 Å². The van der Waals surface area contributed by atoms with Crippen molar-refractivity contribution in [2.45, 2.75) is 160 Å². The molecular formula is C37H61N5O13SSi2. The second kappa shape index (κ2) is 15.8. The third kappa shape index (κ3) is 8.35. The van der Waals surface area contributed by atoms with Gasteiger partial charge in [0.15, 0.2) is 28.5 Å². The molecule has 3 aliphatic heterocycles. The molecule has 5 rings (SSSR count). The number of ether oxygens (including phenoxy) is 2. The molecule has 3 aliphatic rings. The van der Waals surface area contributed by atoms with E-state index in [9.17, 15) is 37.8 Å². The Morgan fingerprint density at radius 1 is 0.879 bits per heavy atom. The van der Waals surface area contributed by atoms with Gasteiger partial charge in [-0.05, 0) is 56.5 Å². The van der Waals surface area contributed by atoms with Crippen LogP contribution in [0.4, 0.5) is 0 Å². The van der Waals surface area contributed by atoms with E-state index in [1.165, 1.54) is 35.4 Å². The van der Waals surface area contributed by atoms with Crippen LogP contribution >= 0.6 is 0 Å². The molecule has 0 aliphatic carbocycles. The molecule has 0 aromatic carbocycles. The topological polar surface area (TPSA) is 235 Å². The zero-order chi connectivity index (χ0) is 43.7. The van der Waals surface area contributed by atoms with Gasteiger partial charge in [0, 0.05) is 43.0 Å². The number of aryl methyl sites for hydroxylation is 2. The lowest BCUT2D eigenvalue weighted by molar-refractivity contribution is -0.0567. The Morgan fingerprint density at radius 3 is 1.86 bits per heavy atom. The molecule has 7 atom stereocenters. The summed E-state index contributed by atoms with van der Waals surface area (Å²) in [4.78, 5) is 54.9. The Kier molecular flexibility index (Phi) is 12.5. The molecule has 0 saturated carbocycles. The number of nitrogens with zero attached hydrogens (tertiary/aromatic N) is 4. The van der Waals surface area contributed by atoms with Gasteiger partial charge < -0.3 is 34.3 Å². The van der Waals surface area contributed by atoms with E-state index in [2.05, 4.69) is 20.8 Å². The van der Waals surface area contributed by atoms with Crippen molar-refractivity contribution >= 4 is 26.8 Å². The highest BCUT2D eigenvalue weighted by molar-refractivity contribution is 7.90. The average Bonchev–Trinajstić information content (AvgIpc) is 3.70. The molecule has 2 aromatic heterocycles. The molecule has 2 aromatic rings. The van der Waals surface area contributed by atoms with E-state index in [0.29, 0.717) is 0 Å². The fourth-order valence-corrected chi connectivity index (χ4v) is 10.5. The van der Waals surface area contributed by atoms with Crippen molar-refractivity contribution in [3.63, 3.8) is 0 Å². The molecule has 2 saturated heterocycles. The zero-order valence-electron chi connectivity index (χ0n) is 35.6. The Balaban J connectivity index is 1.57. The molecule has 326 valence electrons. The number of aliphatic hydroxyl groups excluding tert-OH is 2. The van der Waals surface area contributed by atoms with Gasteiger partial charge in [-0.15, -0.1) is 0 Å². The maximum absolute atomic E-state index is 14.5. The van der Waals surface area contributed by atoms with E-state index in [-0.39, 0.29) is 54.4 Å². The van der Waals surface area contributed by atoms with Gasteiger partial charge in [0.2, 0.25) is 0 Å². The monoisotopic (exact) mass is 871 g/mol. The van der Waals surface area contributed by atoms with Crippen molar-refractivity contribution in [3.05, 3.63) is 76.3 Å². The first-order chi connectivity index (χ1) is 26.5. The number of aliphatic hydroxyl groups is 2. The minimum atomic E-state index is -4.33. The van der Waals surface area contributed by atoms with Crippen LogP contribution in [0.2, 0.25) is 36.3 Å². The molecule has 0 bridgehead atoms. The van der Waals surface area contributed by atoms with Gasteiger partial charge in [-0.25, -0.2) is 13.8 Å². The maximum Gasteiger partial charge on any atom is 0.333 e. The summed E-state index contributed by atoms with van der Waals surface area (Å²) in [5, 5.41) is 20.0. The quantitative estimate of drug-likeness (QED) is 0.204.